The zero-order chi connectivity index (χ0) is 11.0. The number of nitrogens with one attached hydrogen (secondary N) is 1. The molecule has 0 aliphatic carbocycles. The van der Waals surface area contributed by atoms with Gasteiger partial charge in [0.25, 0.3) is 0 Å². The zero-order valence-electron chi connectivity index (χ0n) is 9.50. The fourth-order valence-corrected chi connectivity index (χ4v) is 2.53. The minimum absolute atomic E-state index is 0.123. The van der Waals surface area contributed by atoms with E-state index in [0.717, 1.165) is 12.2 Å². The molecule has 0 saturated carbocycles. The monoisotopic (exact) mass is 219 g/mol. The van der Waals surface area contributed by atoms with Gasteiger partial charge in [0.15, 0.2) is 0 Å². The summed E-state index contributed by atoms with van der Waals surface area (Å²) in [5.41, 5.74) is 0. The van der Waals surface area contributed by atoms with Crippen molar-refractivity contribution >= 4 is 17.7 Å². The average Bonchev–Trinajstić information content (AvgIpc) is 2.19. The summed E-state index contributed by atoms with van der Waals surface area (Å²) in [5.74, 6) is 0.716. The van der Waals surface area contributed by atoms with E-state index in [-0.39, 0.29) is 5.97 Å². The van der Waals surface area contributed by atoms with Gasteiger partial charge < -0.3 is 10.1 Å². The van der Waals surface area contributed by atoms with Gasteiger partial charge in [-0.2, -0.15) is 11.8 Å². The Kier molecular flexibility index (Phi) is 7.99. The molecule has 0 aliphatic rings. The summed E-state index contributed by atoms with van der Waals surface area (Å²) in [6.07, 6.45) is 1.62. The molecule has 4 heteroatoms. The van der Waals surface area contributed by atoms with Crippen LogP contribution in [-0.2, 0) is 9.53 Å². The maximum absolute atomic E-state index is 10.9. The van der Waals surface area contributed by atoms with Crippen LogP contribution in [0.25, 0.3) is 0 Å². The van der Waals surface area contributed by atoms with E-state index in [4.69, 9.17) is 0 Å². The zero-order valence-corrected chi connectivity index (χ0v) is 10.3. The fraction of sp³-hybridized carbons (Fsp3) is 0.900. The number of thioether (sulfide) groups is 1. The third kappa shape index (κ3) is 5.50. The molecule has 0 spiro atoms. The van der Waals surface area contributed by atoms with Crippen LogP contribution in [0.4, 0.5) is 0 Å². The minimum atomic E-state index is -0.123. The third-order valence-electron chi connectivity index (χ3n) is 2.29. The standard InChI is InChI=1S/C10H21NO2S/c1-5-9(11-3)8(2)14-7-6-10(12)13-4/h8-9,11H,5-7H2,1-4H3. The largest absolute Gasteiger partial charge is 0.469 e. The summed E-state index contributed by atoms with van der Waals surface area (Å²) in [6, 6.07) is 0.526. The molecule has 3 nitrogen and oxygen atoms in total. The van der Waals surface area contributed by atoms with Gasteiger partial charge in [-0.1, -0.05) is 13.8 Å². The Labute approximate surface area is 91.0 Å². The lowest BCUT2D eigenvalue weighted by Crippen LogP contribution is -2.33. The number of ether oxygens (including phenoxy) is 1. The van der Waals surface area contributed by atoms with E-state index >= 15 is 0 Å². The Morgan fingerprint density at radius 3 is 2.64 bits per heavy atom. The van der Waals surface area contributed by atoms with Crippen molar-refractivity contribution in [1.29, 1.82) is 0 Å². The molecule has 1 N–H and O–H groups in total. The van der Waals surface area contributed by atoms with Crippen LogP contribution in [0.15, 0.2) is 0 Å². The van der Waals surface area contributed by atoms with Crippen molar-refractivity contribution in [2.24, 2.45) is 0 Å². The SMILES string of the molecule is CCC(NC)C(C)SCCC(=O)OC. The molecular weight excluding hydrogens is 198 g/mol. The number of hydrogen-bond acceptors (Lipinski definition) is 4. The number of carbonyl (C=O) groups is 1. The number of esters is 1. The smallest absolute Gasteiger partial charge is 0.306 e. The lowest BCUT2D eigenvalue weighted by atomic mass is 10.2. The average molecular weight is 219 g/mol. The van der Waals surface area contributed by atoms with Crippen LogP contribution < -0.4 is 5.32 Å². The molecule has 84 valence electrons. The molecule has 2 atom stereocenters. The van der Waals surface area contributed by atoms with Crippen molar-refractivity contribution in [2.75, 3.05) is 19.9 Å². The van der Waals surface area contributed by atoms with Crippen molar-refractivity contribution in [3.05, 3.63) is 0 Å². The minimum Gasteiger partial charge on any atom is -0.469 e. The molecule has 0 rings (SSSR count). The van der Waals surface area contributed by atoms with Crippen LogP contribution >= 0.6 is 11.8 Å². The Morgan fingerprint density at radius 1 is 1.57 bits per heavy atom. The quantitative estimate of drug-likeness (QED) is 0.661. The van der Waals surface area contributed by atoms with Crippen molar-refractivity contribution in [1.82, 2.24) is 5.32 Å². The summed E-state index contributed by atoms with van der Waals surface area (Å²) in [4.78, 5) is 10.9. The molecular formula is C10H21NO2S. The molecule has 0 radical (unpaired) electrons. The van der Waals surface area contributed by atoms with Gasteiger partial charge in [0.05, 0.1) is 13.5 Å². The van der Waals surface area contributed by atoms with Gasteiger partial charge in [-0.3, -0.25) is 4.79 Å². The van der Waals surface area contributed by atoms with E-state index in [1.807, 2.05) is 18.8 Å². The number of carbonyl (C=O) groups excluding carboxylic acids is 1. The maximum Gasteiger partial charge on any atom is 0.306 e. The number of rotatable bonds is 7. The van der Waals surface area contributed by atoms with E-state index in [0.29, 0.717) is 17.7 Å². The second kappa shape index (κ2) is 8.12. The molecule has 0 aromatic carbocycles. The van der Waals surface area contributed by atoms with Gasteiger partial charge in [-0.25, -0.2) is 0 Å². The predicted octanol–water partition coefficient (Wildman–Crippen LogP) is 1.67. The molecule has 0 amide bonds. The molecule has 0 saturated heterocycles. The summed E-state index contributed by atoms with van der Waals surface area (Å²) >= 11 is 1.81. The van der Waals surface area contributed by atoms with Crippen molar-refractivity contribution in [3.63, 3.8) is 0 Å². The second-order valence-corrected chi connectivity index (χ2v) is 4.69. The highest BCUT2D eigenvalue weighted by Gasteiger charge is 2.13. The third-order valence-corrected chi connectivity index (χ3v) is 3.59. The normalized spacial score (nSPS) is 14.9. The highest BCUT2D eigenvalue weighted by atomic mass is 32.2. The van der Waals surface area contributed by atoms with Crippen molar-refractivity contribution in [2.45, 2.75) is 38.0 Å². The molecule has 0 aromatic heterocycles. The highest BCUT2D eigenvalue weighted by molar-refractivity contribution is 7.99. The summed E-state index contributed by atoms with van der Waals surface area (Å²) in [5, 5.41) is 3.80. The van der Waals surface area contributed by atoms with Crippen molar-refractivity contribution < 1.29 is 9.53 Å². The first-order valence-electron chi connectivity index (χ1n) is 5.01. The predicted molar refractivity (Wildman–Crippen MR) is 61.7 cm³/mol. The van der Waals surface area contributed by atoms with E-state index in [9.17, 15) is 4.79 Å². The first-order chi connectivity index (χ1) is 6.65. The number of hydrogen-bond donors (Lipinski definition) is 1. The molecule has 14 heavy (non-hydrogen) atoms. The van der Waals surface area contributed by atoms with E-state index in [1.165, 1.54) is 7.11 Å². The van der Waals surface area contributed by atoms with Crippen LogP contribution in [0.5, 0.6) is 0 Å². The highest BCUT2D eigenvalue weighted by Crippen LogP contribution is 2.17. The topological polar surface area (TPSA) is 38.3 Å². The first-order valence-corrected chi connectivity index (χ1v) is 6.06. The van der Waals surface area contributed by atoms with Gasteiger partial charge in [0.1, 0.15) is 0 Å². The van der Waals surface area contributed by atoms with Crippen LogP contribution in [0, 0.1) is 0 Å². The Bertz CT molecular complexity index is 160. The molecule has 0 heterocycles. The summed E-state index contributed by atoms with van der Waals surface area (Å²) in [6.45, 7) is 4.35. The Balaban J connectivity index is 3.61. The van der Waals surface area contributed by atoms with Gasteiger partial charge >= 0.3 is 5.97 Å². The Hall–Kier alpha value is -0.220. The van der Waals surface area contributed by atoms with Crippen LogP contribution in [0.2, 0.25) is 0 Å². The first kappa shape index (κ1) is 13.8. The fourth-order valence-electron chi connectivity index (χ4n) is 1.32. The molecule has 0 bridgehead atoms. The van der Waals surface area contributed by atoms with Crippen molar-refractivity contribution in [3.8, 4) is 0 Å². The number of methoxy groups -OCH3 is 1. The van der Waals surface area contributed by atoms with E-state index in [1.54, 1.807) is 0 Å². The van der Waals surface area contributed by atoms with Gasteiger partial charge in [-0.15, -0.1) is 0 Å². The molecule has 0 aromatic rings. The second-order valence-electron chi connectivity index (χ2n) is 3.21. The van der Waals surface area contributed by atoms with Gasteiger partial charge in [0, 0.05) is 17.0 Å². The molecule has 2 unspecified atom stereocenters. The van der Waals surface area contributed by atoms with Crippen LogP contribution in [0.1, 0.15) is 26.7 Å². The summed E-state index contributed by atoms with van der Waals surface area (Å²) < 4.78 is 4.58. The molecule has 0 aliphatic heterocycles. The Morgan fingerprint density at radius 2 is 2.21 bits per heavy atom. The van der Waals surface area contributed by atoms with Crippen LogP contribution in [-0.4, -0.2) is 37.2 Å². The lowest BCUT2D eigenvalue weighted by Gasteiger charge is -2.21. The maximum atomic E-state index is 10.9. The van der Waals surface area contributed by atoms with E-state index < -0.39 is 0 Å². The summed E-state index contributed by atoms with van der Waals surface area (Å²) in [7, 11) is 3.41. The van der Waals surface area contributed by atoms with Gasteiger partial charge in [0.2, 0.25) is 0 Å². The van der Waals surface area contributed by atoms with E-state index in [2.05, 4.69) is 23.9 Å². The lowest BCUT2D eigenvalue weighted by molar-refractivity contribution is -0.140. The van der Waals surface area contributed by atoms with Gasteiger partial charge in [-0.05, 0) is 13.5 Å². The molecule has 0 fully saturated rings. The van der Waals surface area contributed by atoms with Crippen LogP contribution in [0.3, 0.4) is 0 Å².